The van der Waals surface area contributed by atoms with Crippen molar-refractivity contribution >= 4 is 52.6 Å². The first-order chi connectivity index (χ1) is 13.5. The summed E-state index contributed by atoms with van der Waals surface area (Å²) in [6.45, 7) is 0.804. The fourth-order valence-corrected chi connectivity index (χ4v) is 3.27. The molecule has 0 unspecified atom stereocenters. The molecule has 1 N–H and O–H groups in total. The highest BCUT2D eigenvalue weighted by Crippen LogP contribution is 2.24. The molecule has 0 saturated heterocycles. The van der Waals surface area contributed by atoms with E-state index in [1.165, 1.54) is 0 Å². The van der Waals surface area contributed by atoms with Gasteiger partial charge in [-0.05, 0) is 48.0 Å². The van der Waals surface area contributed by atoms with Gasteiger partial charge < -0.3 is 10.2 Å². The second-order valence-electron chi connectivity index (χ2n) is 5.89. The van der Waals surface area contributed by atoms with Crippen LogP contribution in [0.2, 0.25) is 20.1 Å². The van der Waals surface area contributed by atoms with Crippen LogP contribution in [0.3, 0.4) is 0 Å². The van der Waals surface area contributed by atoms with Crippen molar-refractivity contribution in [2.24, 2.45) is 5.10 Å². The molecule has 3 aromatic carbocycles. The number of hydrazone groups is 1. The molecule has 0 amide bonds. The van der Waals surface area contributed by atoms with E-state index in [-0.39, 0.29) is 0 Å². The van der Waals surface area contributed by atoms with Crippen LogP contribution in [0.15, 0.2) is 65.8 Å². The molecule has 28 heavy (non-hydrogen) atoms. The lowest BCUT2D eigenvalue weighted by Gasteiger charge is -2.10. The Hall–Kier alpha value is -1.91. The highest BCUT2D eigenvalue weighted by Gasteiger charge is 2.06. The van der Waals surface area contributed by atoms with Crippen molar-refractivity contribution in [1.82, 2.24) is 5.43 Å². The monoisotopic (exact) mass is 452 g/mol. The van der Waals surface area contributed by atoms with Crippen LogP contribution in [-0.4, -0.2) is 6.21 Å². The van der Waals surface area contributed by atoms with Gasteiger partial charge in [-0.15, -0.1) is 0 Å². The Morgan fingerprint density at radius 3 is 2.25 bits per heavy atom. The van der Waals surface area contributed by atoms with Gasteiger partial charge in [0.2, 0.25) is 0 Å². The molecule has 7 heteroatoms. The molecule has 0 aliphatic rings. The minimum atomic E-state index is 0.399. The van der Waals surface area contributed by atoms with E-state index in [1.807, 2.05) is 30.3 Å². The van der Waals surface area contributed by atoms with Gasteiger partial charge in [0, 0.05) is 31.2 Å². The summed E-state index contributed by atoms with van der Waals surface area (Å²) < 4.78 is 5.91. The highest BCUT2D eigenvalue weighted by molar-refractivity contribution is 6.36. The molecule has 0 radical (unpaired) electrons. The van der Waals surface area contributed by atoms with Crippen LogP contribution in [0.4, 0.5) is 0 Å². The van der Waals surface area contributed by atoms with Gasteiger partial charge in [0.05, 0.1) is 12.8 Å². The molecule has 0 saturated carbocycles. The summed E-state index contributed by atoms with van der Waals surface area (Å²) in [5, 5.41) is 6.69. The van der Waals surface area contributed by atoms with Crippen LogP contribution in [0.5, 0.6) is 5.75 Å². The maximum absolute atomic E-state index is 6.16. The number of hydrogen-bond donors (Lipinski definition) is 1. The van der Waals surface area contributed by atoms with Gasteiger partial charge in [-0.2, -0.15) is 5.10 Å². The number of ether oxygens (including phenoxy) is 1. The minimum Gasteiger partial charge on any atom is -0.488 e. The normalized spacial score (nSPS) is 11.0. The first-order valence-electron chi connectivity index (χ1n) is 8.38. The summed E-state index contributed by atoms with van der Waals surface area (Å²) in [4.78, 5) is 0. The van der Waals surface area contributed by atoms with E-state index >= 15 is 0 Å². The molecule has 0 aromatic heterocycles. The average molecular weight is 454 g/mol. The molecule has 0 aliphatic carbocycles. The number of rotatable bonds is 7. The predicted octanol–water partition coefficient (Wildman–Crippen LogP) is 7.00. The van der Waals surface area contributed by atoms with Gasteiger partial charge in [0.1, 0.15) is 12.4 Å². The Balaban J connectivity index is 1.66. The van der Waals surface area contributed by atoms with Gasteiger partial charge in [-0.3, -0.25) is 0 Å². The second kappa shape index (κ2) is 10.0. The van der Waals surface area contributed by atoms with Crippen LogP contribution < -0.4 is 10.2 Å². The number of nitrogens with one attached hydrogen (secondary N) is 1. The van der Waals surface area contributed by atoms with Crippen molar-refractivity contribution in [1.29, 1.82) is 0 Å². The van der Waals surface area contributed by atoms with E-state index in [1.54, 1.807) is 36.5 Å². The summed E-state index contributed by atoms with van der Waals surface area (Å²) >= 11 is 24.3. The SMILES string of the molecule is Clc1ccc(COc2ccc(Cl)cc2/C=N\NCc2c(Cl)cccc2Cl)cc1. The third-order valence-electron chi connectivity index (χ3n) is 3.89. The zero-order valence-corrected chi connectivity index (χ0v) is 17.7. The van der Waals surface area contributed by atoms with Crippen molar-refractivity contribution in [3.05, 3.63) is 97.4 Å². The molecule has 3 rings (SSSR count). The van der Waals surface area contributed by atoms with Gasteiger partial charge in [-0.1, -0.05) is 64.6 Å². The maximum Gasteiger partial charge on any atom is 0.128 e. The van der Waals surface area contributed by atoms with E-state index in [0.717, 1.165) is 16.7 Å². The third kappa shape index (κ3) is 5.79. The fourth-order valence-electron chi connectivity index (χ4n) is 2.43. The lowest BCUT2D eigenvalue weighted by molar-refractivity contribution is 0.306. The summed E-state index contributed by atoms with van der Waals surface area (Å²) in [5.74, 6) is 0.667. The molecular formula is C21H16Cl4N2O. The summed E-state index contributed by atoms with van der Waals surface area (Å²) in [7, 11) is 0. The fraction of sp³-hybridized carbons (Fsp3) is 0.0952. The van der Waals surface area contributed by atoms with Crippen LogP contribution in [0.25, 0.3) is 0 Å². The topological polar surface area (TPSA) is 33.6 Å². The summed E-state index contributed by atoms with van der Waals surface area (Å²) in [6, 6.07) is 18.2. The van der Waals surface area contributed by atoms with E-state index in [0.29, 0.717) is 39.0 Å². The summed E-state index contributed by atoms with van der Waals surface area (Å²) in [6.07, 6.45) is 1.65. The van der Waals surface area contributed by atoms with Gasteiger partial charge >= 0.3 is 0 Å². The maximum atomic E-state index is 6.16. The molecule has 0 atom stereocenters. The van der Waals surface area contributed by atoms with E-state index in [2.05, 4.69) is 10.5 Å². The molecular weight excluding hydrogens is 438 g/mol. The molecule has 0 fully saturated rings. The number of hydrogen-bond acceptors (Lipinski definition) is 3. The van der Waals surface area contributed by atoms with E-state index < -0.39 is 0 Å². The average Bonchev–Trinajstić information content (AvgIpc) is 2.67. The van der Waals surface area contributed by atoms with Crippen molar-refractivity contribution in [2.75, 3.05) is 0 Å². The minimum absolute atomic E-state index is 0.399. The number of benzene rings is 3. The molecule has 3 nitrogen and oxygen atoms in total. The smallest absolute Gasteiger partial charge is 0.128 e. The Morgan fingerprint density at radius 2 is 1.54 bits per heavy atom. The standard InChI is InChI=1S/C21H16Cl4N2O/c22-16-6-4-14(5-7-16)13-28-21-9-8-17(23)10-15(21)11-26-27-12-18-19(24)2-1-3-20(18)25/h1-11,27H,12-13H2/b26-11-. The van der Waals surface area contributed by atoms with Gasteiger partial charge in [0.15, 0.2) is 0 Å². The zero-order valence-electron chi connectivity index (χ0n) is 14.6. The number of halogens is 4. The Labute approximate surface area is 183 Å². The van der Waals surface area contributed by atoms with Crippen molar-refractivity contribution in [3.8, 4) is 5.75 Å². The lowest BCUT2D eigenvalue weighted by Crippen LogP contribution is -2.07. The van der Waals surface area contributed by atoms with E-state index in [9.17, 15) is 0 Å². The highest BCUT2D eigenvalue weighted by atomic mass is 35.5. The summed E-state index contributed by atoms with van der Waals surface area (Å²) in [5.41, 5.74) is 5.49. The Kier molecular flexibility index (Phi) is 7.46. The molecule has 144 valence electrons. The quantitative estimate of drug-likeness (QED) is 0.308. The van der Waals surface area contributed by atoms with Gasteiger partial charge in [0.25, 0.3) is 0 Å². The van der Waals surface area contributed by atoms with Crippen LogP contribution in [-0.2, 0) is 13.2 Å². The van der Waals surface area contributed by atoms with Crippen LogP contribution in [0, 0.1) is 0 Å². The largest absolute Gasteiger partial charge is 0.488 e. The zero-order chi connectivity index (χ0) is 19.9. The van der Waals surface area contributed by atoms with Crippen LogP contribution in [0.1, 0.15) is 16.7 Å². The van der Waals surface area contributed by atoms with Crippen molar-refractivity contribution < 1.29 is 4.74 Å². The molecule has 0 heterocycles. The molecule has 0 bridgehead atoms. The van der Waals surface area contributed by atoms with Crippen LogP contribution >= 0.6 is 46.4 Å². The molecule has 0 spiro atoms. The predicted molar refractivity (Wildman–Crippen MR) is 118 cm³/mol. The van der Waals surface area contributed by atoms with E-state index in [4.69, 9.17) is 51.1 Å². The number of nitrogens with zero attached hydrogens (tertiary/aromatic N) is 1. The lowest BCUT2D eigenvalue weighted by atomic mass is 10.2. The first kappa shape index (κ1) is 20.8. The molecule has 0 aliphatic heterocycles. The first-order valence-corrected chi connectivity index (χ1v) is 9.90. The Morgan fingerprint density at radius 1 is 0.857 bits per heavy atom. The van der Waals surface area contributed by atoms with Crippen molar-refractivity contribution in [3.63, 3.8) is 0 Å². The molecule has 3 aromatic rings. The third-order valence-corrected chi connectivity index (χ3v) is 5.09. The van der Waals surface area contributed by atoms with Gasteiger partial charge in [-0.25, -0.2) is 0 Å². The van der Waals surface area contributed by atoms with Crippen molar-refractivity contribution in [2.45, 2.75) is 13.2 Å². The Bertz CT molecular complexity index is 954. The second-order valence-corrected chi connectivity index (χ2v) is 7.58.